The number of rotatable bonds is 7. The van der Waals surface area contributed by atoms with Gasteiger partial charge in [-0.2, -0.15) is 0 Å². The molecule has 0 aromatic carbocycles. The molecule has 0 bridgehead atoms. The number of aliphatic hydroxyl groups is 1. The molecule has 1 aromatic rings. The maximum Gasteiger partial charge on any atom is 0.0922 e. The quantitative estimate of drug-likeness (QED) is 0.440. The van der Waals surface area contributed by atoms with E-state index in [1.807, 2.05) is 32.0 Å². The van der Waals surface area contributed by atoms with E-state index in [1.165, 1.54) is 0 Å². The number of hydrogen-bond donors (Lipinski definition) is 2. The number of aromatic nitrogens is 1. The van der Waals surface area contributed by atoms with Crippen LogP contribution >= 0.6 is 0 Å². The third-order valence-corrected chi connectivity index (χ3v) is 2.80. The second-order valence-corrected chi connectivity index (χ2v) is 4.42. The van der Waals surface area contributed by atoms with E-state index in [-0.39, 0.29) is 18.7 Å². The van der Waals surface area contributed by atoms with E-state index in [0.717, 1.165) is 5.69 Å². The molecule has 0 radical (unpaired) electrons. The molecular weight excluding hydrogens is 230 g/mol. The zero-order valence-electron chi connectivity index (χ0n) is 10.7. The maximum absolute atomic E-state index is 9.23. The minimum Gasteiger partial charge on any atom is -0.395 e. The Balaban J connectivity index is 2.67. The molecule has 0 amide bonds. The standard InChI is InChI=1S/C12H19N5O/c1-9(2)12(8-18)15-7-11(16-17-13)10-5-3-4-6-14-10/h3-6,9,11-12,15,18H,7-8H2,1-2H3/t11-,12-/m1/s1. The molecule has 98 valence electrons. The van der Waals surface area contributed by atoms with Gasteiger partial charge in [-0.1, -0.05) is 25.0 Å². The van der Waals surface area contributed by atoms with E-state index in [0.29, 0.717) is 12.5 Å². The summed E-state index contributed by atoms with van der Waals surface area (Å²) in [5, 5.41) is 16.2. The summed E-state index contributed by atoms with van der Waals surface area (Å²) in [6.07, 6.45) is 1.67. The van der Waals surface area contributed by atoms with Crippen molar-refractivity contribution in [1.82, 2.24) is 10.3 Å². The normalized spacial score (nSPS) is 14.0. The maximum atomic E-state index is 9.23. The summed E-state index contributed by atoms with van der Waals surface area (Å²) >= 11 is 0. The first-order valence-corrected chi connectivity index (χ1v) is 5.98. The van der Waals surface area contributed by atoms with Crippen molar-refractivity contribution in [3.63, 3.8) is 0 Å². The predicted molar refractivity (Wildman–Crippen MR) is 69.8 cm³/mol. The Hall–Kier alpha value is -1.62. The molecule has 0 aliphatic rings. The summed E-state index contributed by atoms with van der Waals surface area (Å²) in [6, 6.07) is 5.13. The molecule has 0 unspecified atom stereocenters. The van der Waals surface area contributed by atoms with E-state index in [2.05, 4.69) is 20.3 Å². The largest absolute Gasteiger partial charge is 0.395 e. The van der Waals surface area contributed by atoms with Gasteiger partial charge in [0.2, 0.25) is 0 Å². The van der Waals surface area contributed by atoms with Crippen LogP contribution in [0.1, 0.15) is 25.6 Å². The van der Waals surface area contributed by atoms with E-state index in [9.17, 15) is 5.11 Å². The van der Waals surface area contributed by atoms with Gasteiger partial charge in [0.15, 0.2) is 0 Å². The lowest BCUT2D eigenvalue weighted by Crippen LogP contribution is -2.39. The molecule has 2 N–H and O–H groups in total. The molecule has 1 aromatic heterocycles. The lowest BCUT2D eigenvalue weighted by atomic mass is 10.0. The molecule has 18 heavy (non-hydrogen) atoms. The topological polar surface area (TPSA) is 93.9 Å². The van der Waals surface area contributed by atoms with E-state index < -0.39 is 0 Å². The molecule has 0 saturated heterocycles. The Morgan fingerprint density at radius 2 is 2.28 bits per heavy atom. The Morgan fingerprint density at radius 1 is 1.50 bits per heavy atom. The highest BCUT2D eigenvalue weighted by molar-refractivity contribution is 5.09. The van der Waals surface area contributed by atoms with Crippen LogP contribution in [0, 0.1) is 5.92 Å². The fourth-order valence-electron chi connectivity index (χ4n) is 1.61. The molecule has 0 spiro atoms. The molecular formula is C12H19N5O. The molecule has 1 heterocycles. The fourth-order valence-corrected chi connectivity index (χ4v) is 1.61. The van der Waals surface area contributed by atoms with Crippen LogP contribution in [-0.2, 0) is 0 Å². The SMILES string of the molecule is CC(C)[C@@H](CO)NC[C@@H](N=[N+]=[N-])c1ccccn1. The summed E-state index contributed by atoms with van der Waals surface area (Å²) in [5.74, 6) is 0.311. The predicted octanol–water partition coefficient (Wildman–Crippen LogP) is 2.04. The van der Waals surface area contributed by atoms with Crippen molar-refractivity contribution in [3.05, 3.63) is 40.5 Å². The smallest absolute Gasteiger partial charge is 0.0922 e. The number of azide groups is 1. The zero-order chi connectivity index (χ0) is 13.4. The monoisotopic (exact) mass is 249 g/mol. The van der Waals surface area contributed by atoms with Crippen LogP contribution in [0.25, 0.3) is 10.4 Å². The van der Waals surface area contributed by atoms with Crippen molar-refractivity contribution in [2.45, 2.75) is 25.9 Å². The second-order valence-electron chi connectivity index (χ2n) is 4.42. The lowest BCUT2D eigenvalue weighted by molar-refractivity contribution is 0.209. The number of aliphatic hydroxyl groups excluding tert-OH is 1. The van der Waals surface area contributed by atoms with Crippen molar-refractivity contribution in [1.29, 1.82) is 0 Å². The van der Waals surface area contributed by atoms with Crippen molar-refractivity contribution in [2.75, 3.05) is 13.2 Å². The van der Waals surface area contributed by atoms with Gasteiger partial charge in [0.25, 0.3) is 0 Å². The Kier molecular flexibility index (Phi) is 6.14. The second kappa shape index (κ2) is 7.66. The first kappa shape index (κ1) is 14.4. The minimum atomic E-state index is -0.357. The van der Waals surface area contributed by atoms with Crippen molar-refractivity contribution >= 4 is 0 Å². The average Bonchev–Trinajstić information content (AvgIpc) is 2.39. The number of nitrogens with zero attached hydrogens (tertiary/aromatic N) is 4. The summed E-state index contributed by atoms with van der Waals surface area (Å²) in [7, 11) is 0. The van der Waals surface area contributed by atoms with Gasteiger partial charge >= 0.3 is 0 Å². The van der Waals surface area contributed by atoms with Gasteiger partial charge in [0, 0.05) is 23.7 Å². The fraction of sp³-hybridized carbons (Fsp3) is 0.583. The molecule has 1 rings (SSSR count). The highest BCUT2D eigenvalue weighted by Crippen LogP contribution is 2.14. The van der Waals surface area contributed by atoms with Crippen LogP contribution in [0.15, 0.2) is 29.5 Å². The summed E-state index contributed by atoms with van der Waals surface area (Å²) < 4.78 is 0. The highest BCUT2D eigenvalue weighted by atomic mass is 16.3. The third-order valence-electron chi connectivity index (χ3n) is 2.80. The van der Waals surface area contributed by atoms with Gasteiger partial charge in [-0.3, -0.25) is 4.98 Å². The van der Waals surface area contributed by atoms with Crippen LogP contribution in [0.3, 0.4) is 0 Å². The Labute approximate surface area is 107 Å². The number of pyridine rings is 1. The van der Waals surface area contributed by atoms with Gasteiger partial charge in [-0.05, 0) is 23.6 Å². The van der Waals surface area contributed by atoms with E-state index >= 15 is 0 Å². The van der Waals surface area contributed by atoms with Crippen LogP contribution in [0.2, 0.25) is 0 Å². The summed E-state index contributed by atoms with van der Waals surface area (Å²) in [5.41, 5.74) is 9.31. The van der Waals surface area contributed by atoms with Crippen LogP contribution in [0.4, 0.5) is 0 Å². The van der Waals surface area contributed by atoms with Gasteiger partial charge < -0.3 is 10.4 Å². The molecule has 2 atom stereocenters. The average molecular weight is 249 g/mol. The van der Waals surface area contributed by atoms with Crippen molar-refractivity contribution in [2.24, 2.45) is 11.0 Å². The minimum absolute atomic E-state index is 0.00916. The Morgan fingerprint density at radius 3 is 2.78 bits per heavy atom. The Bertz CT molecular complexity index is 389. The summed E-state index contributed by atoms with van der Waals surface area (Å²) in [4.78, 5) is 7.02. The van der Waals surface area contributed by atoms with Crippen LogP contribution in [0.5, 0.6) is 0 Å². The molecule has 0 saturated carbocycles. The third kappa shape index (κ3) is 4.33. The van der Waals surface area contributed by atoms with E-state index in [1.54, 1.807) is 6.20 Å². The van der Waals surface area contributed by atoms with Crippen LogP contribution < -0.4 is 5.32 Å². The molecule has 6 nitrogen and oxygen atoms in total. The zero-order valence-corrected chi connectivity index (χ0v) is 10.7. The van der Waals surface area contributed by atoms with Gasteiger partial charge in [0.05, 0.1) is 18.3 Å². The van der Waals surface area contributed by atoms with Crippen LogP contribution in [-0.4, -0.2) is 29.3 Å². The molecule has 6 heteroatoms. The number of hydrogen-bond acceptors (Lipinski definition) is 4. The lowest BCUT2D eigenvalue weighted by Gasteiger charge is -2.22. The van der Waals surface area contributed by atoms with Gasteiger partial charge in [0.1, 0.15) is 0 Å². The highest BCUT2D eigenvalue weighted by Gasteiger charge is 2.15. The van der Waals surface area contributed by atoms with Crippen molar-refractivity contribution in [3.8, 4) is 0 Å². The first-order valence-electron chi connectivity index (χ1n) is 5.98. The molecule has 0 fully saturated rings. The number of nitrogens with one attached hydrogen (secondary N) is 1. The summed E-state index contributed by atoms with van der Waals surface area (Å²) in [6.45, 7) is 4.57. The van der Waals surface area contributed by atoms with Crippen molar-refractivity contribution < 1.29 is 5.11 Å². The van der Waals surface area contributed by atoms with Gasteiger partial charge in [-0.15, -0.1) is 0 Å². The molecule has 0 aliphatic heterocycles. The van der Waals surface area contributed by atoms with E-state index in [4.69, 9.17) is 5.53 Å². The first-order chi connectivity index (χ1) is 8.69. The van der Waals surface area contributed by atoms with Gasteiger partial charge in [-0.25, -0.2) is 0 Å². The molecule has 0 aliphatic carbocycles.